The Morgan fingerprint density at radius 1 is 0.872 bits per heavy atom. The number of imidazole rings is 1. The average molecular weight is 546 g/mol. The Morgan fingerprint density at radius 2 is 1.62 bits per heavy atom. The molecule has 0 atom stereocenters. The van der Waals surface area contributed by atoms with Crippen LogP contribution in [0.25, 0.3) is 28.1 Å². The van der Waals surface area contributed by atoms with Crippen LogP contribution in [0.1, 0.15) is 30.2 Å². The fraction of sp³-hybridized carbons (Fsp3) is 0.231. The second-order valence-electron chi connectivity index (χ2n) is 8.81. The number of aromatic nitrogens is 6. The second kappa shape index (κ2) is 9.71. The van der Waals surface area contributed by atoms with Crippen molar-refractivity contribution in [3.8, 4) is 16.9 Å². The molecule has 0 aliphatic rings. The van der Waals surface area contributed by atoms with Gasteiger partial charge in [-0.15, -0.1) is 5.10 Å². The van der Waals surface area contributed by atoms with Crippen LogP contribution in [0.3, 0.4) is 0 Å². The van der Waals surface area contributed by atoms with E-state index in [-0.39, 0.29) is 29.3 Å². The highest BCUT2D eigenvalue weighted by molar-refractivity contribution is 5.81. The Kier molecular flexibility index (Phi) is 6.52. The highest BCUT2D eigenvalue weighted by Crippen LogP contribution is 2.37. The van der Waals surface area contributed by atoms with Gasteiger partial charge in [-0.3, -0.25) is 9.13 Å². The molecule has 0 aliphatic heterocycles. The van der Waals surface area contributed by atoms with E-state index in [9.17, 15) is 31.1 Å². The third-order valence-electron chi connectivity index (χ3n) is 6.08. The Bertz CT molecular complexity index is 1700. The summed E-state index contributed by atoms with van der Waals surface area (Å²) in [6.07, 6.45) is -7.66. The summed E-state index contributed by atoms with van der Waals surface area (Å²) in [5, 5.41) is 7.72. The lowest BCUT2D eigenvalue weighted by molar-refractivity contribution is -0.138. The molecular weight excluding hydrogens is 526 g/mol. The molecule has 2 aromatic carbocycles. The lowest BCUT2D eigenvalue weighted by Gasteiger charge is -2.12. The molecule has 5 rings (SSSR count). The fourth-order valence-electron chi connectivity index (χ4n) is 4.34. The maximum absolute atomic E-state index is 14.3. The standard InChI is InChI=1S/C26H20F6N6O/c1-2-11-36-23-22(20(26(30,31)32)13-21(33-23)16-7-4-3-5-8-16)37(24(36)39)14-18-15-38(35-34-18)19-10-6-9-17(12-19)25(27,28)29/h3-10,12-13,15H,2,11,14H2,1H3. The normalized spacial score (nSPS) is 12.4. The van der Waals surface area contributed by atoms with Crippen LogP contribution in [0.15, 0.2) is 71.7 Å². The van der Waals surface area contributed by atoms with Gasteiger partial charge in [0, 0.05) is 12.1 Å². The number of hydrogen-bond donors (Lipinski definition) is 0. The molecular formula is C26H20F6N6O. The summed E-state index contributed by atoms with van der Waals surface area (Å²) in [5.41, 5.74) is -2.54. The summed E-state index contributed by atoms with van der Waals surface area (Å²) in [4.78, 5) is 17.8. The van der Waals surface area contributed by atoms with E-state index in [1.807, 2.05) is 0 Å². The molecule has 0 aliphatic carbocycles. The van der Waals surface area contributed by atoms with Gasteiger partial charge in [0.1, 0.15) is 11.2 Å². The van der Waals surface area contributed by atoms with E-state index in [0.717, 1.165) is 27.4 Å². The molecule has 0 unspecified atom stereocenters. The molecule has 0 fully saturated rings. The number of rotatable bonds is 6. The number of alkyl halides is 6. The topological polar surface area (TPSA) is 70.5 Å². The van der Waals surface area contributed by atoms with Gasteiger partial charge in [0.2, 0.25) is 0 Å². The Hall–Kier alpha value is -4.42. The SMILES string of the molecule is CCCn1c(=O)n(Cc2cn(-c3cccc(C(F)(F)F)c3)nn2)c2c(C(F)(F)F)cc(-c3ccccc3)nc21. The minimum absolute atomic E-state index is 0.0504. The lowest BCUT2D eigenvalue weighted by atomic mass is 10.1. The van der Waals surface area contributed by atoms with Crippen molar-refractivity contribution < 1.29 is 26.3 Å². The zero-order chi connectivity index (χ0) is 27.9. The molecule has 0 saturated heterocycles. The zero-order valence-electron chi connectivity index (χ0n) is 20.3. The number of pyridine rings is 1. The number of aryl methyl sites for hydroxylation is 1. The number of nitrogens with zero attached hydrogens (tertiary/aromatic N) is 6. The number of benzene rings is 2. The molecule has 0 saturated carbocycles. The van der Waals surface area contributed by atoms with Gasteiger partial charge >= 0.3 is 18.0 Å². The first-order chi connectivity index (χ1) is 18.5. The van der Waals surface area contributed by atoms with E-state index < -0.39 is 41.2 Å². The number of hydrogen-bond acceptors (Lipinski definition) is 4. The zero-order valence-corrected chi connectivity index (χ0v) is 20.3. The van der Waals surface area contributed by atoms with Gasteiger partial charge in [-0.05, 0) is 30.7 Å². The molecule has 39 heavy (non-hydrogen) atoms. The van der Waals surface area contributed by atoms with Crippen molar-refractivity contribution in [1.29, 1.82) is 0 Å². The largest absolute Gasteiger partial charge is 0.418 e. The van der Waals surface area contributed by atoms with Crippen molar-refractivity contribution in [1.82, 2.24) is 29.1 Å². The van der Waals surface area contributed by atoms with Crippen LogP contribution < -0.4 is 5.69 Å². The van der Waals surface area contributed by atoms with Crippen molar-refractivity contribution in [3.05, 3.63) is 94.2 Å². The first kappa shape index (κ1) is 26.2. The Labute approximate surface area is 216 Å². The first-order valence-electron chi connectivity index (χ1n) is 11.8. The summed E-state index contributed by atoms with van der Waals surface area (Å²) in [6.45, 7) is 1.50. The maximum atomic E-state index is 14.3. The first-order valence-corrected chi connectivity index (χ1v) is 11.8. The smallest absolute Gasteiger partial charge is 0.284 e. The minimum atomic E-state index is -4.81. The maximum Gasteiger partial charge on any atom is 0.418 e. The lowest BCUT2D eigenvalue weighted by Crippen LogP contribution is -2.25. The monoisotopic (exact) mass is 546 g/mol. The molecule has 13 heteroatoms. The second-order valence-corrected chi connectivity index (χ2v) is 8.81. The number of fused-ring (bicyclic) bond motifs is 1. The quantitative estimate of drug-likeness (QED) is 0.247. The molecule has 3 heterocycles. The van der Waals surface area contributed by atoms with E-state index in [1.54, 1.807) is 37.3 Å². The van der Waals surface area contributed by atoms with Gasteiger partial charge in [-0.25, -0.2) is 14.5 Å². The third kappa shape index (κ3) is 5.03. The molecule has 202 valence electrons. The van der Waals surface area contributed by atoms with Gasteiger partial charge in [0.05, 0.1) is 35.2 Å². The summed E-state index contributed by atoms with van der Waals surface area (Å²) < 4.78 is 85.6. The molecule has 0 N–H and O–H groups in total. The van der Waals surface area contributed by atoms with Crippen LogP contribution in [0, 0.1) is 0 Å². The average Bonchev–Trinajstić information content (AvgIpc) is 3.47. The fourth-order valence-corrected chi connectivity index (χ4v) is 4.34. The molecule has 0 amide bonds. The summed E-state index contributed by atoms with van der Waals surface area (Å²) in [7, 11) is 0. The third-order valence-corrected chi connectivity index (χ3v) is 6.08. The van der Waals surface area contributed by atoms with Crippen molar-refractivity contribution in [3.63, 3.8) is 0 Å². The molecule has 3 aromatic heterocycles. The minimum Gasteiger partial charge on any atom is -0.284 e. The predicted octanol–water partition coefficient (Wildman–Crippen LogP) is 5.94. The predicted molar refractivity (Wildman–Crippen MR) is 130 cm³/mol. The molecule has 0 bridgehead atoms. The number of halogens is 6. The summed E-state index contributed by atoms with van der Waals surface area (Å²) >= 11 is 0. The van der Waals surface area contributed by atoms with Gasteiger partial charge in [0.15, 0.2) is 5.65 Å². The van der Waals surface area contributed by atoms with Crippen LogP contribution in [-0.2, 0) is 25.4 Å². The van der Waals surface area contributed by atoms with Crippen molar-refractivity contribution >= 4 is 11.2 Å². The highest BCUT2D eigenvalue weighted by Gasteiger charge is 2.37. The van der Waals surface area contributed by atoms with Crippen molar-refractivity contribution in [2.24, 2.45) is 0 Å². The van der Waals surface area contributed by atoms with Crippen LogP contribution in [-0.4, -0.2) is 29.1 Å². The van der Waals surface area contributed by atoms with Crippen LogP contribution in [0.4, 0.5) is 26.3 Å². The van der Waals surface area contributed by atoms with E-state index in [2.05, 4.69) is 15.3 Å². The summed E-state index contributed by atoms with van der Waals surface area (Å²) in [5.74, 6) is 0. The van der Waals surface area contributed by atoms with E-state index in [1.165, 1.54) is 22.9 Å². The molecule has 0 spiro atoms. The van der Waals surface area contributed by atoms with Crippen molar-refractivity contribution in [2.45, 2.75) is 38.8 Å². The molecule has 5 aromatic rings. The summed E-state index contributed by atoms with van der Waals surface area (Å²) in [6, 6.07) is 13.6. The van der Waals surface area contributed by atoms with Gasteiger partial charge in [-0.1, -0.05) is 48.5 Å². The van der Waals surface area contributed by atoms with Gasteiger partial charge < -0.3 is 0 Å². The Balaban J connectivity index is 1.64. The van der Waals surface area contributed by atoms with Crippen LogP contribution in [0.2, 0.25) is 0 Å². The van der Waals surface area contributed by atoms with Gasteiger partial charge in [-0.2, -0.15) is 26.3 Å². The van der Waals surface area contributed by atoms with E-state index in [4.69, 9.17) is 0 Å². The van der Waals surface area contributed by atoms with E-state index >= 15 is 0 Å². The van der Waals surface area contributed by atoms with Crippen molar-refractivity contribution in [2.75, 3.05) is 0 Å². The van der Waals surface area contributed by atoms with Gasteiger partial charge in [0.25, 0.3) is 0 Å². The Morgan fingerprint density at radius 3 is 2.28 bits per heavy atom. The molecule has 0 radical (unpaired) electrons. The van der Waals surface area contributed by atoms with E-state index in [0.29, 0.717) is 12.0 Å². The van der Waals surface area contributed by atoms with Crippen LogP contribution in [0.5, 0.6) is 0 Å². The van der Waals surface area contributed by atoms with Crippen LogP contribution >= 0.6 is 0 Å². The molecule has 7 nitrogen and oxygen atoms in total. The highest BCUT2D eigenvalue weighted by atomic mass is 19.4.